The van der Waals surface area contributed by atoms with Gasteiger partial charge >= 0.3 is 0 Å². The predicted molar refractivity (Wildman–Crippen MR) is 145 cm³/mol. The van der Waals surface area contributed by atoms with Gasteiger partial charge < -0.3 is 4.74 Å². The smallest absolute Gasteiger partial charge is 0.266 e. The number of allylic oxidation sites excluding steroid dienone is 4. The van der Waals surface area contributed by atoms with Crippen molar-refractivity contribution in [3.8, 4) is 5.88 Å². The van der Waals surface area contributed by atoms with Crippen LogP contribution in [0.3, 0.4) is 0 Å². The van der Waals surface area contributed by atoms with E-state index < -0.39 is 15.6 Å². The van der Waals surface area contributed by atoms with Gasteiger partial charge in [-0.1, -0.05) is 78.4 Å². The monoisotopic (exact) mass is 577 g/mol. The van der Waals surface area contributed by atoms with Crippen molar-refractivity contribution in [3.05, 3.63) is 119 Å². The molecule has 2 heterocycles. The Morgan fingerprint density at radius 1 is 1.08 bits per heavy atom. The molecule has 0 bridgehead atoms. The van der Waals surface area contributed by atoms with Crippen LogP contribution in [0.25, 0.3) is 0 Å². The van der Waals surface area contributed by atoms with E-state index in [-0.39, 0.29) is 23.2 Å². The molecule has 10 heteroatoms. The third-order valence-electron chi connectivity index (χ3n) is 5.99. The fourth-order valence-electron chi connectivity index (χ4n) is 4.23. The molecule has 2 aromatic carbocycles. The Hall–Kier alpha value is -3.76. The lowest BCUT2D eigenvalue weighted by Gasteiger charge is -2.33. The standard InChI is InChI=1S/C27H24BrN5O3S/c1-20-9-8-14-27(15-20,22-12-6-3-7-13-22)33-18-23(16-30-33)37(34,35)32-25-26(31-24(28)17-29-25)36-19-21-10-4-2-5-11-21/h2-13,15-18H,14,19H2,1H3,(H,29,32). The minimum absolute atomic E-state index is 0.00198. The summed E-state index contributed by atoms with van der Waals surface area (Å²) in [5, 5.41) is 4.49. The van der Waals surface area contributed by atoms with Crippen molar-refractivity contribution in [3.63, 3.8) is 0 Å². The minimum Gasteiger partial charge on any atom is -0.470 e. The number of aromatic nitrogens is 4. The van der Waals surface area contributed by atoms with Crippen LogP contribution in [-0.2, 0) is 22.2 Å². The molecule has 0 aliphatic heterocycles. The van der Waals surface area contributed by atoms with Gasteiger partial charge in [-0.2, -0.15) is 5.10 Å². The Morgan fingerprint density at radius 3 is 2.54 bits per heavy atom. The molecular formula is C27H24BrN5O3S. The van der Waals surface area contributed by atoms with Crippen molar-refractivity contribution < 1.29 is 13.2 Å². The zero-order valence-corrected chi connectivity index (χ0v) is 22.4. The molecule has 5 rings (SSSR count). The molecule has 0 saturated carbocycles. The number of halogens is 1. The SMILES string of the molecule is CC1=CC(c2ccccc2)(n2cc(S(=O)(=O)Nc3ncc(Br)nc3OCc3ccccc3)cn2)CC=C1. The first-order valence-corrected chi connectivity index (χ1v) is 13.8. The van der Waals surface area contributed by atoms with E-state index in [1.54, 1.807) is 4.68 Å². The minimum atomic E-state index is -4.04. The molecule has 1 unspecified atom stereocenters. The first-order valence-electron chi connectivity index (χ1n) is 11.5. The average Bonchev–Trinajstić information content (AvgIpc) is 3.42. The van der Waals surface area contributed by atoms with Crippen molar-refractivity contribution in [2.75, 3.05) is 4.72 Å². The lowest BCUT2D eigenvalue weighted by Crippen LogP contribution is -2.34. The van der Waals surface area contributed by atoms with E-state index in [0.717, 1.165) is 16.7 Å². The lowest BCUT2D eigenvalue weighted by molar-refractivity contribution is 0.294. The number of sulfonamides is 1. The highest BCUT2D eigenvalue weighted by atomic mass is 79.9. The van der Waals surface area contributed by atoms with Crippen LogP contribution in [-0.4, -0.2) is 28.2 Å². The molecule has 0 fully saturated rings. The fourth-order valence-corrected chi connectivity index (χ4v) is 5.43. The predicted octanol–water partition coefficient (Wildman–Crippen LogP) is 5.47. The molecule has 1 aliphatic rings. The number of benzene rings is 2. The summed E-state index contributed by atoms with van der Waals surface area (Å²) in [6.45, 7) is 2.22. The van der Waals surface area contributed by atoms with E-state index in [1.165, 1.54) is 18.6 Å². The zero-order chi connectivity index (χ0) is 25.9. The summed E-state index contributed by atoms with van der Waals surface area (Å²) in [5.74, 6) is 0.0481. The second-order valence-corrected chi connectivity index (χ2v) is 11.1. The lowest BCUT2D eigenvalue weighted by atomic mass is 9.82. The average molecular weight is 578 g/mol. The van der Waals surface area contributed by atoms with Gasteiger partial charge in [-0.3, -0.25) is 9.40 Å². The second-order valence-electron chi connectivity index (χ2n) is 8.63. The summed E-state index contributed by atoms with van der Waals surface area (Å²) in [7, 11) is -4.04. The molecule has 1 N–H and O–H groups in total. The van der Waals surface area contributed by atoms with Gasteiger partial charge in [0.1, 0.15) is 21.6 Å². The quantitative estimate of drug-likeness (QED) is 0.298. The first kappa shape index (κ1) is 24.9. The molecule has 1 atom stereocenters. The molecule has 1 aliphatic carbocycles. The van der Waals surface area contributed by atoms with Gasteiger partial charge in [0.25, 0.3) is 15.9 Å². The number of ether oxygens (including phenoxy) is 1. The van der Waals surface area contributed by atoms with Crippen molar-refractivity contribution in [2.24, 2.45) is 0 Å². The van der Waals surface area contributed by atoms with Gasteiger partial charge in [-0.15, -0.1) is 0 Å². The Morgan fingerprint density at radius 2 is 1.81 bits per heavy atom. The Balaban J connectivity index is 1.44. The largest absolute Gasteiger partial charge is 0.470 e. The maximum absolute atomic E-state index is 13.4. The number of nitrogens with one attached hydrogen (secondary N) is 1. The summed E-state index contributed by atoms with van der Waals surface area (Å²) >= 11 is 3.27. The molecule has 188 valence electrons. The van der Waals surface area contributed by atoms with Crippen LogP contribution in [0.15, 0.2) is 113 Å². The Labute approximate surface area is 223 Å². The molecule has 0 radical (unpaired) electrons. The second kappa shape index (κ2) is 10.3. The van der Waals surface area contributed by atoms with Gasteiger partial charge in [0.05, 0.1) is 12.4 Å². The zero-order valence-electron chi connectivity index (χ0n) is 20.0. The summed E-state index contributed by atoms with van der Waals surface area (Å²) in [6, 6.07) is 19.4. The first-order chi connectivity index (χ1) is 17.9. The third-order valence-corrected chi connectivity index (χ3v) is 7.66. The normalized spacial score (nSPS) is 17.3. The van der Waals surface area contributed by atoms with Crippen molar-refractivity contribution in [1.82, 2.24) is 19.7 Å². The van der Waals surface area contributed by atoms with Crippen LogP contribution >= 0.6 is 15.9 Å². The van der Waals surface area contributed by atoms with Crippen LogP contribution < -0.4 is 9.46 Å². The van der Waals surface area contributed by atoms with Gasteiger partial charge in [-0.05, 0) is 46.5 Å². The summed E-state index contributed by atoms with van der Waals surface area (Å²) < 4.78 is 37.2. The van der Waals surface area contributed by atoms with Crippen molar-refractivity contribution in [1.29, 1.82) is 0 Å². The van der Waals surface area contributed by atoms with E-state index in [0.29, 0.717) is 11.0 Å². The fraction of sp³-hybridized carbons (Fsp3) is 0.148. The van der Waals surface area contributed by atoms with Crippen molar-refractivity contribution in [2.45, 2.75) is 30.4 Å². The van der Waals surface area contributed by atoms with Crippen LogP contribution in [0.4, 0.5) is 5.82 Å². The molecule has 0 saturated heterocycles. The number of hydrogen-bond donors (Lipinski definition) is 1. The van der Waals surface area contributed by atoms with Crippen LogP contribution in [0.5, 0.6) is 5.88 Å². The van der Waals surface area contributed by atoms with Gasteiger partial charge in [0.2, 0.25) is 5.82 Å². The van der Waals surface area contributed by atoms with E-state index in [4.69, 9.17) is 4.74 Å². The maximum Gasteiger partial charge on any atom is 0.266 e. The van der Waals surface area contributed by atoms with Gasteiger partial charge in [0, 0.05) is 6.20 Å². The van der Waals surface area contributed by atoms with Crippen LogP contribution in [0.2, 0.25) is 0 Å². The Kier molecular flexibility index (Phi) is 6.94. The number of nitrogens with zero attached hydrogens (tertiary/aromatic N) is 4. The highest BCUT2D eigenvalue weighted by molar-refractivity contribution is 9.10. The highest BCUT2D eigenvalue weighted by Crippen LogP contribution is 2.36. The number of hydrogen-bond acceptors (Lipinski definition) is 6. The molecule has 8 nitrogen and oxygen atoms in total. The van der Waals surface area contributed by atoms with Crippen molar-refractivity contribution >= 4 is 31.8 Å². The Bertz CT molecular complexity index is 1570. The maximum atomic E-state index is 13.4. The third kappa shape index (κ3) is 5.35. The molecule has 4 aromatic rings. The number of anilines is 1. The number of rotatable bonds is 8. The summed E-state index contributed by atoms with van der Waals surface area (Å²) in [4.78, 5) is 8.47. The van der Waals surface area contributed by atoms with Crippen LogP contribution in [0.1, 0.15) is 24.5 Å². The van der Waals surface area contributed by atoms with Gasteiger partial charge in [0.15, 0.2) is 0 Å². The molecule has 2 aromatic heterocycles. The molecular weight excluding hydrogens is 554 g/mol. The van der Waals surface area contributed by atoms with Gasteiger partial charge in [-0.25, -0.2) is 18.4 Å². The molecule has 0 spiro atoms. The van der Waals surface area contributed by atoms with E-state index in [9.17, 15) is 8.42 Å². The van der Waals surface area contributed by atoms with Crippen LogP contribution in [0, 0.1) is 0 Å². The summed E-state index contributed by atoms with van der Waals surface area (Å²) in [5.41, 5.74) is 2.35. The highest BCUT2D eigenvalue weighted by Gasteiger charge is 2.34. The van der Waals surface area contributed by atoms with E-state index in [1.807, 2.05) is 73.7 Å². The summed E-state index contributed by atoms with van der Waals surface area (Å²) in [6.07, 6.45) is 11.1. The van der Waals surface area contributed by atoms with E-state index >= 15 is 0 Å². The molecule has 0 amide bonds. The topological polar surface area (TPSA) is 99.0 Å². The molecule has 37 heavy (non-hydrogen) atoms. The van der Waals surface area contributed by atoms with E-state index in [2.05, 4.69) is 47.9 Å².